The molecule has 4 rings (SSSR count). The van der Waals surface area contributed by atoms with Gasteiger partial charge in [-0.25, -0.2) is 0 Å². The molecule has 4 fully saturated rings. The second kappa shape index (κ2) is 3.49. The van der Waals surface area contributed by atoms with Crippen molar-refractivity contribution in [3.05, 3.63) is 0 Å². The molecule has 18 heavy (non-hydrogen) atoms. The van der Waals surface area contributed by atoms with Crippen molar-refractivity contribution in [2.45, 2.75) is 45.4 Å². The van der Waals surface area contributed by atoms with E-state index in [1.165, 1.54) is 0 Å². The first kappa shape index (κ1) is 12.0. The average Bonchev–Trinajstić information content (AvgIpc) is 2.27. The third-order valence-corrected chi connectivity index (χ3v) is 6.08. The predicted octanol–water partition coefficient (Wildman–Crippen LogP) is 2.38. The fraction of sp³-hybridized carbons (Fsp3) is 0.857. The molecule has 0 heterocycles. The summed E-state index contributed by atoms with van der Waals surface area (Å²) in [5.41, 5.74) is -2.02. The van der Waals surface area contributed by atoms with Crippen LogP contribution in [0.25, 0.3) is 0 Å². The van der Waals surface area contributed by atoms with Crippen LogP contribution in [-0.4, -0.2) is 22.2 Å². The van der Waals surface area contributed by atoms with Crippen LogP contribution in [0.2, 0.25) is 0 Å². The summed E-state index contributed by atoms with van der Waals surface area (Å²) in [5, 5.41) is 19.5. The first-order valence-electron chi connectivity index (χ1n) is 6.93. The van der Waals surface area contributed by atoms with Gasteiger partial charge in [-0.05, 0) is 56.3 Å². The molecule has 0 aromatic rings. The Morgan fingerprint density at radius 2 is 1.61 bits per heavy atom. The van der Waals surface area contributed by atoms with E-state index in [0.717, 1.165) is 19.3 Å². The zero-order valence-corrected chi connectivity index (χ0v) is 10.7. The van der Waals surface area contributed by atoms with Crippen LogP contribution in [0.1, 0.15) is 45.4 Å². The highest BCUT2D eigenvalue weighted by molar-refractivity contribution is 5.88. The van der Waals surface area contributed by atoms with E-state index in [1.54, 1.807) is 0 Å². The van der Waals surface area contributed by atoms with Crippen molar-refractivity contribution in [1.82, 2.24) is 0 Å². The maximum atomic E-state index is 11.9. The molecule has 4 nitrogen and oxygen atoms in total. The minimum atomic E-state index is -1.02. The molecule has 0 aliphatic heterocycles. The Morgan fingerprint density at radius 3 is 2.00 bits per heavy atom. The highest BCUT2D eigenvalue weighted by Gasteiger charge is 2.71. The summed E-state index contributed by atoms with van der Waals surface area (Å²) in [5.74, 6) is -0.792. The average molecular weight is 252 g/mol. The molecule has 4 aliphatic carbocycles. The zero-order valence-electron chi connectivity index (χ0n) is 10.7. The molecule has 0 radical (unpaired) electrons. The van der Waals surface area contributed by atoms with E-state index in [4.69, 9.17) is 0 Å². The van der Waals surface area contributed by atoms with E-state index >= 15 is 0 Å². The second-order valence-corrected chi connectivity index (χ2v) is 6.56. The van der Waals surface area contributed by atoms with E-state index in [1.807, 2.05) is 6.92 Å². The van der Waals surface area contributed by atoms with Crippen LogP contribution in [0.4, 0.5) is 0 Å². The molecule has 0 saturated heterocycles. The summed E-state index contributed by atoms with van der Waals surface area (Å²) in [4.78, 5) is 23.8. The second-order valence-electron chi connectivity index (χ2n) is 6.56. The Bertz CT molecular complexity index is 402. The first-order valence-corrected chi connectivity index (χ1v) is 6.93. The van der Waals surface area contributed by atoms with Gasteiger partial charge in [0.15, 0.2) is 0 Å². The Labute approximate surface area is 106 Å². The fourth-order valence-corrected chi connectivity index (χ4v) is 5.65. The molecule has 4 bridgehead atoms. The van der Waals surface area contributed by atoms with Gasteiger partial charge in [0.2, 0.25) is 0 Å². The smallest absolute Gasteiger partial charge is 0.311 e. The van der Waals surface area contributed by atoms with Crippen molar-refractivity contribution >= 4 is 11.9 Å². The van der Waals surface area contributed by atoms with E-state index in [-0.39, 0.29) is 5.92 Å². The van der Waals surface area contributed by atoms with Crippen molar-refractivity contribution < 1.29 is 19.8 Å². The van der Waals surface area contributed by atoms with Crippen LogP contribution in [0, 0.1) is 28.6 Å². The topological polar surface area (TPSA) is 74.6 Å². The molecule has 3 unspecified atom stereocenters. The van der Waals surface area contributed by atoms with Crippen LogP contribution >= 0.6 is 0 Å². The summed E-state index contributed by atoms with van der Waals surface area (Å²) in [7, 11) is 0. The Kier molecular flexibility index (Phi) is 2.32. The summed E-state index contributed by atoms with van der Waals surface area (Å²) < 4.78 is 0. The first-order chi connectivity index (χ1) is 8.46. The number of carboxylic acids is 2. The zero-order chi connectivity index (χ0) is 13.1. The number of aliphatic carboxylic acids is 2. The Morgan fingerprint density at radius 1 is 1.06 bits per heavy atom. The summed E-state index contributed by atoms with van der Waals surface area (Å²) in [6.45, 7) is 1.85. The lowest BCUT2D eigenvalue weighted by atomic mass is 9.38. The van der Waals surface area contributed by atoms with E-state index in [0.29, 0.717) is 31.1 Å². The van der Waals surface area contributed by atoms with Gasteiger partial charge in [-0.3, -0.25) is 9.59 Å². The molecule has 4 aliphatic rings. The number of carboxylic acid groups (broad SMARTS) is 2. The van der Waals surface area contributed by atoms with Crippen LogP contribution in [0.3, 0.4) is 0 Å². The summed E-state index contributed by atoms with van der Waals surface area (Å²) in [6.07, 6.45) is 4.56. The molecule has 2 N–H and O–H groups in total. The molecule has 3 atom stereocenters. The van der Waals surface area contributed by atoms with Gasteiger partial charge < -0.3 is 10.2 Å². The molecule has 4 saturated carbocycles. The van der Waals surface area contributed by atoms with Crippen molar-refractivity contribution in [3.63, 3.8) is 0 Å². The van der Waals surface area contributed by atoms with Gasteiger partial charge >= 0.3 is 11.9 Å². The summed E-state index contributed by atoms with van der Waals surface area (Å²) >= 11 is 0. The van der Waals surface area contributed by atoms with Gasteiger partial charge in [0, 0.05) is 0 Å². The molecule has 0 spiro atoms. The fourth-order valence-electron chi connectivity index (χ4n) is 5.65. The van der Waals surface area contributed by atoms with Crippen LogP contribution in [-0.2, 0) is 9.59 Å². The molecule has 0 aromatic carbocycles. The maximum absolute atomic E-state index is 11.9. The lowest BCUT2D eigenvalue weighted by Crippen LogP contribution is -2.65. The monoisotopic (exact) mass is 252 g/mol. The molecule has 100 valence electrons. The van der Waals surface area contributed by atoms with E-state index in [9.17, 15) is 19.8 Å². The molecule has 4 heteroatoms. The minimum Gasteiger partial charge on any atom is -0.481 e. The van der Waals surface area contributed by atoms with E-state index < -0.39 is 22.8 Å². The molecular weight excluding hydrogens is 232 g/mol. The third-order valence-electron chi connectivity index (χ3n) is 6.08. The highest BCUT2D eigenvalue weighted by Crippen LogP contribution is 2.69. The Balaban J connectivity index is 2.17. The minimum absolute atomic E-state index is 0.0716. The van der Waals surface area contributed by atoms with Crippen molar-refractivity contribution in [1.29, 1.82) is 0 Å². The van der Waals surface area contributed by atoms with Crippen molar-refractivity contribution in [3.8, 4) is 0 Å². The number of carbonyl (C=O) groups is 2. The quantitative estimate of drug-likeness (QED) is 0.808. The van der Waals surface area contributed by atoms with Gasteiger partial charge in [0.05, 0.1) is 10.8 Å². The van der Waals surface area contributed by atoms with Crippen LogP contribution < -0.4 is 0 Å². The van der Waals surface area contributed by atoms with Crippen molar-refractivity contribution in [2.24, 2.45) is 28.6 Å². The normalized spacial score (nSPS) is 49.3. The van der Waals surface area contributed by atoms with Gasteiger partial charge in [-0.15, -0.1) is 0 Å². The SMILES string of the molecule is CCC1(C(=O)O)C2CC3CC(C2)CC1(C(=O)O)C3. The third kappa shape index (κ3) is 1.12. The van der Waals surface area contributed by atoms with Gasteiger partial charge in [-0.2, -0.15) is 0 Å². The lowest BCUT2D eigenvalue weighted by Gasteiger charge is -2.63. The Hall–Kier alpha value is -1.06. The van der Waals surface area contributed by atoms with Crippen molar-refractivity contribution in [2.75, 3.05) is 0 Å². The standard InChI is InChI=1S/C14H20O4/c1-2-14(12(17)18)10-4-8-3-9(5-10)7-13(14,6-8)11(15)16/h8-10H,2-7H2,1H3,(H,15,16)(H,17,18). The summed E-state index contributed by atoms with van der Waals surface area (Å²) in [6, 6.07) is 0. The van der Waals surface area contributed by atoms with Crippen LogP contribution in [0.15, 0.2) is 0 Å². The number of hydrogen-bond acceptors (Lipinski definition) is 2. The molecule has 0 amide bonds. The lowest BCUT2D eigenvalue weighted by molar-refractivity contribution is -0.217. The van der Waals surface area contributed by atoms with Gasteiger partial charge in [0.25, 0.3) is 0 Å². The van der Waals surface area contributed by atoms with E-state index in [2.05, 4.69) is 0 Å². The highest BCUT2D eigenvalue weighted by atomic mass is 16.4. The number of hydrogen-bond donors (Lipinski definition) is 2. The molecular formula is C14H20O4. The largest absolute Gasteiger partial charge is 0.481 e. The van der Waals surface area contributed by atoms with Gasteiger partial charge in [-0.1, -0.05) is 6.92 Å². The van der Waals surface area contributed by atoms with Gasteiger partial charge in [0.1, 0.15) is 0 Å². The van der Waals surface area contributed by atoms with Crippen LogP contribution in [0.5, 0.6) is 0 Å². The number of rotatable bonds is 3. The predicted molar refractivity (Wildman–Crippen MR) is 64.0 cm³/mol. The molecule has 0 aromatic heterocycles. The maximum Gasteiger partial charge on any atom is 0.311 e.